The number of rotatable bonds is 2. The number of hydrogen-bond acceptors (Lipinski definition) is 4. The predicted molar refractivity (Wildman–Crippen MR) is 61.1 cm³/mol. The number of aliphatic hydroxyl groups is 1. The number of aromatic nitrogens is 2. The summed E-state index contributed by atoms with van der Waals surface area (Å²) >= 11 is 0. The summed E-state index contributed by atoms with van der Waals surface area (Å²) in [6.07, 6.45) is -1.90. The van der Waals surface area contributed by atoms with Crippen LogP contribution in [0.2, 0.25) is 0 Å². The Hall–Kier alpha value is -1.47. The largest absolute Gasteiger partial charge is 0.394 e. The second kappa shape index (κ2) is 4.66. The SMILES string of the molecule is Cc1cn(C2OC(CO)C(C)C2F)c(=O)[nH]c1=O. The van der Waals surface area contributed by atoms with Crippen LogP contribution in [0.1, 0.15) is 18.7 Å². The van der Waals surface area contributed by atoms with E-state index in [1.165, 1.54) is 13.1 Å². The maximum atomic E-state index is 14.0. The van der Waals surface area contributed by atoms with E-state index in [2.05, 4.69) is 4.98 Å². The summed E-state index contributed by atoms with van der Waals surface area (Å²) in [5, 5.41) is 9.05. The van der Waals surface area contributed by atoms with Crippen molar-refractivity contribution in [2.75, 3.05) is 6.61 Å². The fourth-order valence-electron chi connectivity index (χ4n) is 2.05. The average molecular weight is 258 g/mol. The molecule has 100 valence electrons. The minimum absolute atomic E-state index is 0.297. The van der Waals surface area contributed by atoms with Crippen LogP contribution >= 0.6 is 0 Å². The van der Waals surface area contributed by atoms with Crippen molar-refractivity contribution < 1.29 is 14.2 Å². The number of H-pyrrole nitrogens is 1. The Balaban J connectivity index is 2.42. The van der Waals surface area contributed by atoms with E-state index in [1.54, 1.807) is 6.92 Å². The van der Waals surface area contributed by atoms with Gasteiger partial charge in [0.2, 0.25) is 0 Å². The molecule has 0 aliphatic carbocycles. The highest BCUT2D eigenvalue weighted by Crippen LogP contribution is 2.34. The van der Waals surface area contributed by atoms with E-state index >= 15 is 0 Å². The molecule has 1 aromatic heterocycles. The van der Waals surface area contributed by atoms with Gasteiger partial charge in [-0.25, -0.2) is 9.18 Å². The third-order valence-corrected chi connectivity index (χ3v) is 3.28. The van der Waals surface area contributed by atoms with Gasteiger partial charge in [-0.3, -0.25) is 14.3 Å². The zero-order chi connectivity index (χ0) is 13.4. The Bertz CT molecular complexity index is 553. The van der Waals surface area contributed by atoms with Crippen molar-refractivity contribution >= 4 is 0 Å². The Morgan fingerprint density at radius 1 is 1.56 bits per heavy atom. The minimum Gasteiger partial charge on any atom is -0.394 e. The molecule has 2 heterocycles. The molecule has 0 aromatic carbocycles. The van der Waals surface area contributed by atoms with Gasteiger partial charge in [-0.2, -0.15) is 0 Å². The van der Waals surface area contributed by atoms with Gasteiger partial charge < -0.3 is 9.84 Å². The molecule has 0 amide bonds. The molecule has 6 nitrogen and oxygen atoms in total. The highest BCUT2D eigenvalue weighted by atomic mass is 19.1. The normalized spacial score (nSPS) is 31.8. The lowest BCUT2D eigenvalue weighted by Gasteiger charge is -2.16. The predicted octanol–water partition coefficient (Wildman–Crippen LogP) is -0.291. The summed E-state index contributed by atoms with van der Waals surface area (Å²) in [6.45, 7) is 2.81. The molecular weight excluding hydrogens is 243 g/mol. The van der Waals surface area contributed by atoms with Crippen LogP contribution in [-0.2, 0) is 4.74 Å². The summed E-state index contributed by atoms with van der Waals surface area (Å²) in [5.74, 6) is -0.515. The van der Waals surface area contributed by atoms with Crippen LogP contribution in [-0.4, -0.2) is 33.5 Å². The van der Waals surface area contributed by atoms with Crippen LogP contribution in [0.3, 0.4) is 0 Å². The van der Waals surface area contributed by atoms with Gasteiger partial charge in [-0.05, 0) is 6.92 Å². The molecule has 0 bridgehead atoms. The van der Waals surface area contributed by atoms with E-state index in [-0.39, 0.29) is 6.61 Å². The Morgan fingerprint density at radius 3 is 2.78 bits per heavy atom. The number of hydrogen-bond donors (Lipinski definition) is 2. The number of aromatic amines is 1. The maximum Gasteiger partial charge on any atom is 0.330 e. The number of aliphatic hydroxyl groups excluding tert-OH is 1. The molecule has 2 rings (SSSR count). The van der Waals surface area contributed by atoms with E-state index < -0.39 is 35.7 Å². The van der Waals surface area contributed by atoms with Crippen LogP contribution < -0.4 is 11.2 Å². The molecule has 1 aliphatic rings. The van der Waals surface area contributed by atoms with Gasteiger partial charge in [-0.15, -0.1) is 0 Å². The summed E-state index contributed by atoms with van der Waals surface area (Å²) < 4.78 is 20.4. The van der Waals surface area contributed by atoms with Gasteiger partial charge >= 0.3 is 5.69 Å². The zero-order valence-corrected chi connectivity index (χ0v) is 10.1. The van der Waals surface area contributed by atoms with Gasteiger partial charge in [0.1, 0.15) is 0 Å². The summed E-state index contributed by atoms with van der Waals surface area (Å²) in [7, 11) is 0. The second-order valence-corrected chi connectivity index (χ2v) is 4.53. The molecule has 1 aromatic rings. The molecule has 1 aliphatic heterocycles. The number of halogens is 1. The quantitative estimate of drug-likeness (QED) is 0.763. The lowest BCUT2D eigenvalue weighted by Crippen LogP contribution is -2.36. The van der Waals surface area contributed by atoms with E-state index in [1.807, 2.05) is 0 Å². The molecule has 1 saturated heterocycles. The molecular formula is C11H15FN2O4. The van der Waals surface area contributed by atoms with Crippen molar-refractivity contribution in [1.82, 2.24) is 9.55 Å². The van der Waals surface area contributed by atoms with Crippen molar-refractivity contribution in [1.29, 1.82) is 0 Å². The topological polar surface area (TPSA) is 84.3 Å². The van der Waals surface area contributed by atoms with E-state index in [0.717, 1.165) is 4.57 Å². The van der Waals surface area contributed by atoms with Crippen LogP contribution in [0.25, 0.3) is 0 Å². The monoisotopic (exact) mass is 258 g/mol. The first-order valence-electron chi connectivity index (χ1n) is 5.68. The molecule has 1 fully saturated rings. The summed E-state index contributed by atoms with van der Waals surface area (Å²) in [4.78, 5) is 24.9. The van der Waals surface area contributed by atoms with Crippen molar-refractivity contribution in [2.24, 2.45) is 5.92 Å². The fourth-order valence-corrected chi connectivity index (χ4v) is 2.05. The highest BCUT2D eigenvalue weighted by molar-refractivity contribution is 5.02. The van der Waals surface area contributed by atoms with Crippen molar-refractivity contribution in [3.8, 4) is 0 Å². The first-order chi connectivity index (χ1) is 8.45. The first-order valence-corrected chi connectivity index (χ1v) is 5.68. The molecule has 0 saturated carbocycles. The van der Waals surface area contributed by atoms with E-state index in [4.69, 9.17) is 9.84 Å². The minimum atomic E-state index is -1.41. The zero-order valence-electron chi connectivity index (χ0n) is 10.1. The third-order valence-electron chi connectivity index (χ3n) is 3.28. The number of aryl methyl sites for hydroxylation is 1. The van der Waals surface area contributed by atoms with Gasteiger partial charge in [-0.1, -0.05) is 6.92 Å². The molecule has 0 spiro atoms. The first kappa shape index (κ1) is 13.0. The Morgan fingerprint density at radius 2 is 2.22 bits per heavy atom. The molecule has 2 N–H and O–H groups in total. The summed E-state index contributed by atoms with van der Waals surface area (Å²) in [6, 6.07) is 0. The van der Waals surface area contributed by atoms with E-state index in [0.29, 0.717) is 5.56 Å². The van der Waals surface area contributed by atoms with Crippen LogP contribution in [0.4, 0.5) is 4.39 Å². The standard InChI is InChI=1S/C11H15FN2O4/c1-5-3-14(11(17)13-9(5)16)10-8(12)6(2)7(4-15)18-10/h3,6-8,10,15H,4H2,1-2H3,(H,13,16,17). The smallest absolute Gasteiger partial charge is 0.330 e. The fraction of sp³-hybridized carbons (Fsp3) is 0.636. The number of nitrogens with one attached hydrogen (secondary N) is 1. The van der Waals surface area contributed by atoms with Gasteiger partial charge in [0.05, 0.1) is 12.7 Å². The lowest BCUT2D eigenvalue weighted by molar-refractivity contribution is -0.0420. The van der Waals surface area contributed by atoms with Gasteiger partial charge in [0.25, 0.3) is 5.56 Å². The van der Waals surface area contributed by atoms with Crippen molar-refractivity contribution in [3.05, 3.63) is 32.6 Å². The van der Waals surface area contributed by atoms with Crippen LogP contribution in [0.15, 0.2) is 15.8 Å². The van der Waals surface area contributed by atoms with Gasteiger partial charge in [0, 0.05) is 17.7 Å². The maximum absolute atomic E-state index is 14.0. The van der Waals surface area contributed by atoms with Crippen molar-refractivity contribution in [3.63, 3.8) is 0 Å². The third kappa shape index (κ3) is 1.99. The molecule has 4 unspecified atom stereocenters. The number of nitrogens with zero attached hydrogens (tertiary/aromatic N) is 1. The lowest BCUT2D eigenvalue weighted by atomic mass is 10.0. The van der Waals surface area contributed by atoms with Gasteiger partial charge in [0.15, 0.2) is 12.4 Å². The highest BCUT2D eigenvalue weighted by Gasteiger charge is 2.43. The van der Waals surface area contributed by atoms with Crippen LogP contribution in [0.5, 0.6) is 0 Å². The number of ether oxygens (including phenoxy) is 1. The average Bonchev–Trinajstić information content (AvgIpc) is 2.61. The molecule has 4 atom stereocenters. The second-order valence-electron chi connectivity index (χ2n) is 4.53. The van der Waals surface area contributed by atoms with E-state index in [9.17, 15) is 14.0 Å². The molecule has 7 heteroatoms. The van der Waals surface area contributed by atoms with Crippen molar-refractivity contribution in [2.45, 2.75) is 32.4 Å². The number of alkyl halides is 1. The Kier molecular flexibility index (Phi) is 3.36. The summed E-state index contributed by atoms with van der Waals surface area (Å²) in [5.41, 5.74) is -0.925. The molecule has 18 heavy (non-hydrogen) atoms. The van der Waals surface area contributed by atoms with Crippen LogP contribution in [0, 0.1) is 12.8 Å². The Labute approximate surface area is 102 Å². The molecule has 0 radical (unpaired) electrons.